The van der Waals surface area contributed by atoms with Crippen LogP contribution in [0.5, 0.6) is 0 Å². The van der Waals surface area contributed by atoms with Crippen molar-refractivity contribution in [1.82, 2.24) is 15.1 Å². The molecular weight excluding hydrogens is 200 g/mol. The highest BCUT2D eigenvalue weighted by atomic mass is 32.1. The maximum atomic E-state index is 4.99. The molecule has 0 bridgehead atoms. The van der Waals surface area contributed by atoms with Crippen molar-refractivity contribution in [3.8, 4) is 11.5 Å². The van der Waals surface area contributed by atoms with Crippen LogP contribution in [0.25, 0.3) is 11.5 Å². The van der Waals surface area contributed by atoms with Gasteiger partial charge in [-0.2, -0.15) is 4.98 Å². The fourth-order valence-electron chi connectivity index (χ4n) is 0.956. The zero-order valence-electron chi connectivity index (χ0n) is 7.89. The number of rotatable bonds is 3. The Labute approximate surface area is 85.2 Å². The molecule has 2 heterocycles. The van der Waals surface area contributed by atoms with Gasteiger partial charge in [0.2, 0.25) is 5.82 Å². The van der Waals surface area contributed by atoms with E-state index in [-0.39, 0.29) is 6.04 Å². The minimum absolute atomic E-state index is 0.277. The summed E-state index contributed by atoms with van der Waals surface area (Å²) in [6, 6.07) is 0.710. The molecule has 0 saturated carbocycles. The summed E-state index contributed by atoms with van der Waals surface area (Å²) in [4.78, 5) is 8.23. The van der Waals surface area contributed by atoms with E-state index >= 15 is 0 Å². The quantitative estimate of drug-likeness (QED) is 0.839. The fraction of sp³-hybridized carbons (Fsp3) is 0.375. The van der Waals surface area contributed by atoms with E-state index in [2.05, 4.69) is 20.4 Å². The topological polar surface area (TPSA) is 63.8 Å². The van der Waals surface area contributed by atoms with E-state index in [9.17, 15) is 0 Å². The van der Waals surface area contributed by atoms with Crippen molar-refractivity contribution < 1.29 is 4.52 Å². The summed E-state index contributed by atoms with van der Waals surface area (Å²) in [5.41, 5.74) is 2.48. The Balaban J connectivity index is 2.18. The Hall–Kier alpha value is -1.43. The van der Waals surface area contributed by atoms with Crippen LogP contribution in [0.4, 0.5) is 6.01 Å². The van der Waals surface area contributed by atoms with Crippen LogP contribution in [-0.4, -0.2) is 21.2 Å². The van der Waals surface area contributed by atoms with Crippen molar-refractivity contribution >= 4 is 17.4 Å². The maximum Gasteiger partial charge on any atom is 0.322 e. The lowest BCUT2D eigenvalue weighted by atomic mass is 10.4. The van der Waals surface area contributed by atoms with Gasteiger partial charge in [0, 0.05) is 11.4 Å². The number of nitrogens with one attached hydrogen (secondary N) is 1. The van der Waals surface area contributed by atoms with Gasteiger partial charge >= 0.3 is 6.01 Å². The lowest BCUT2D eigenvalue weighted by Gasteiger charge is -2.01. The van der Waals surface area contributed by atoms with Gasteiger partial charge in [-0.05, 0) is 13.8 Å². The van der Waals surface area contributed by atoms with Crippen molar-refractivity contribution in [3.05, 3.63) is 10.9 Å². The first kappa shape index (κ1) is 9.14. The predicted molar refractivity (Wildman–Crippen MR) is 54.2 cm³/mol. The number of hydrogen-bond acceptors (Lipinski definition) is 6. The van der Waals surface area contributed by atoms with Gasteiger partial charge in [0.1, 0.15) is 5.69 Å². The first-order valence-corrected chi connectivity index (χ1v) is 5.19. The molecule has 2 aromatic heterocycles. The van der Waals surface area contributed by atoms with Crippen LogP contribution in [0.15, 0.2) is 15.4 Å². The molecule has 6 heteroatoms. The third-order valence-electron chi connectivity index (χ3n) is 1.50. The van der Waals surface area contributed by atoms with E-state index in [1.807, 2.05) is 19.2 Å². The molecule has 0 aromatic carbocycles. The molecule has 14 heavy (non-hydrogen) atoms. The second-order valence-corrected chi connectivity index (χ2v) is 3.81. The van der Waals surface area contributed by atoms with E-state index in [1.165, 1.54) is 11.3 Å². The molecule has 74 valence electrons. The van der Waals surface area contributed by atoms with Crippen molar-refractivity contribution in [2.24, 2.45) is 0 Å². The molecule has 2 aromatic rings. The first-order chi connectivity index (χ1) is 6.75. The third kappa shape index (κ3) is 1.90. The molecule has 1 N–H and O–H groups in total. The highest BCUT2D eigenvalue weighted by molar-refractivity contribution is 7.07. The molecule has 0 amide bonds. The molecular formula is C8H10N4OS. The Bertz CT molecular complexity index is 395. The second kappa shape index (κ2) is 3.75. The summed E-state index contributed by atoms with van der Waals surface area (Å²) in [6.07, 6.45) is 0. The number of nitrogens with zero attached hydrogens (tertiary/aromatic N) is 3. The third-order valence-corrected chi connectivity index (χ3v) is 2.09. The molecule has 5 nitrogen and oxygen atoms in total. The molecule has 0 spiro atoms. The smallest absolute Gasteiger partial charge is 0.322 e. The van der Waals surface area contributed by atoms with Gasteiger partial charge in [-0.25, -0.2) is 4.98 Å². The van der Waals surface area contributed by atoms with Crippen LogP contribution < -0.4 is 5.32 Å². The second-order valence-electron chi connectivity index (χ2n) is 3.10. The summed E-state index contributed by atoms with van der Waals surface area (Å²) in [5.74, 6) is 0.523. The van der Waals surface area contributed by atoms with Gasteiger partial charge in [0.15, 0.2) is 0 Å². The van der Waals surface area contributed by atoms with Crippen LogP contribution in [0.2, 0.25) is 0 Å². The highest BCUT2D eigenvalue weighted by Crippen LogP contribution is 2.17. The Morgan fingerprint density at radius 2 is 2.36 bits per heavy atom. The first-order valence-electron chi connectivity index (χ1n) is 4.24. The monoisotopic (exact) mass is 210 g/mol. The van der Waals surface area contributed by atoms with Crippen molar-refractivity contribution in [2.75, 3.05) is 5.32 Å². The van der Waals surface area contributed by atoms with E-state index in [1.54, 1.807) is 5.51 Å². The molecule has 0 atom stereocenters. The number of aromatic nitrogens is 3. The Kier molecular flexibility index (Phi) is 2.45. The van der Waals surface area contributed by atoms with Gasteiger partial charge in [0.25, 0.3) is 0 Å². The zero-order chi connectivity index (χ0) is 9.97. The van der Waals surface area contributed by atoms with Crippen molar-refractivity contribution in [1.29, 1.82) is 0 Å². The largest absolute Gasteiger partial charge is 0.336 e. The minimum Gasteiger partial charge on any atom is -0.336 e. The zero-order valence-corrected chi connectivity index (χ0v) is 8.71. The van der Waals surface area contributed by atoms with E-state index < -0.39 is 0 Å². The fourth-order valence-corrected chi connectivity index (χ4v) is 1.49. The molecule has 2 rings (SSSR count). The number of hydrogen-bond donors (Lipinski definition) is 1. The average Bonchev–Trinajstić information content (AvgIpc) is 2.69. The van der Waals surface area contributed by atoms with Gasteiger partial charge in [-0.15, -0.1) is 11.3 Å². The molecule has 0 radical (unpaired) electrons. The summed E-state index contributed by atoms with van der Waals surface area (Å²) in [6.45, 7) is 4.01. The molecule has 0 aliphatic carbocycles. The minimum atomic E-state index is 0.277. The van der Waals surface area contributed by atoms with Crippen LogP contribution in [0.3, 0.4) is 0 Å². The molecule has 0 unspecified atom stereocenters. The van der Waals surface area contributed by atoms with E-state index in [4.69, 9.17) is 4.52 Å². The Morgan fingerprint density at radius 1 is 1.50 bits per heavy atom. The van der Waals surface area contributed by atoms with Gasteiger partial charge in [-0.3, -0.25) is 0 Å². The predicted octanol–water partition coefficient (Wildman–Crippen LogP) is 2.01. The SMILES string of the molecule is CC(C)Nc1nc(-c2cscn2)no1. The summed E-state index contributed by atoms with van der Waals surface area (Å²) in [7, 11) is 0. The standard InChI is InChI=1S/C8H10N4OS/c1-5(2)10-8-11-7(12-13-8)6-3-14-4-9-6/h3-5H,1-2H3,(H,10,11,12). The molecule has 0 saturated heterocycles. The Morgan fingerprint density at radius 3 is 3.00 bits per heavy atom. The lowest BCUT2D eigenvalue weighted by Crippen LogP contribution is -2.09. The van der Waals surface area contributed by atoms with Crippen LogP contribution in [-0.2, 0) is 0 Å². The van der Waals surface area contributed by atoms with Gasteiger partial charge < -0.3 is 9.84 Å². The summed E-state index contributed by atoms with van der Waals surface area (Å²) < 4.78 is 4.99. The van der Waals surface area contributed by atoms with Crippen LogP contribution >= 0.6 is 11.3 Å². The molecule has 0 aliphatic rings. The van der Waals surface area contributed by atoms with Crippen LogP contribution in [0, 0.1) is 0 Å². The van der Waals surface area contributed by atoms with Gasteiger partial charge in [-0.1, -0.05) is 5.16 Å². The van der Waals surface area contributed by atoms with Crippen molar-refractivity contribution in [2.45, 2.75) is 19.9 Å². The molecule has 0 aliphatic heterocycles. The summed E-state index contributed by atoms with van der Waals surface area (Å²) in [5, 5.41) is 8.71. The van der Waals surface area contributed by atoms with E-state index in [0.717, 1.165) is 5.69 Å². The summed E-state index contributed by atoms with van der Waals surface area (Å²) >= 11 is 1.50. The maximum absolute atomic E-state index is 4.99. The molecule has 0 fully saturated rings. The number of anilines is 1. The number of thiazole rings is 1. The average molecular weight is 210 g/mol. The normalized spacial score (nSPS) is 10.8. The van der Waals surface area contributed by atoms with Crippen molar-refractivity contribution in [3.63, 3.8) is 0 Å². The van der Waals surface area contributed by atoms with E-state index in [0.29, 0.717) is 11.8 Å². The van der Waals surface area contributed by atoms with Crippen LogP contribution in [0.1, 0.15) is 13.8 Å². The lowest BCUT2D eigenvalue weighted by molar-refractivity contribution is 0.429. The van der Waals surface area contributed by atoms with Gasteiger partial charge in [0.05, 0.1) is 5.51 Å². The highest BCUT2D eigenvalue weighted by Gasteiger charge is 2.09.